The van der Waals surface area contributed by atoms with Gasteiger partial charge in [0.05, 0.1) is 14.2 Å². The lowest BCUT2D eigenvalue weighted by molar-refractivity contribution is 0.414. The van der Waals surface area contributed by atoms with Gasteiger partial charge in [0, 0.05) is 0 Å². The van der Waals surface area contributed by atoms with Crippen LogP contribution in [0, 0.1) is 13.8 Å². The summed E-state index contributed by atoms with van der Waals surface area (Å²) >= 11 is 0. The molecule has 2 nitrogen and oxygen atoms in total. The van der Waals surface area contributed by atoms with Crippen LogP contribution in [0.4, 0.5) is 0 Å². The minimum atomic E-state index is 0.208. The second-order valence-corrected chi connectivity index (χ2v) is 27.3. The molecule has 91 heavy (non-hydrogen) atoms. The molecule has 5 aliphatic rings. The summed E-state index contributed by atoms with van der Waals surface area (Å²) in [5, 5.41) is 0. The average molecular weight is 1180 g/mol. The zero-order valence-electron chi connectivity index (χ0n) is 54.6. The van der Waals surface area contributed by atoms with E-state index in [0.29, 0.717) is 0 Å². The maximum atomic E-state index is 5.28. The van der Waals surface area contributed by atoms with Crippen LogP contribution in [-0.2, 0) is 42.9 Å². The van der Waals surface area contributed by atoms with Gasteiger partial charge in [-0.1, -0.05) is 271 Å². The zero-order valence-corrected chi connectivity index (χ0v) is 54.6. The highest BCUT2D eigenvalue weighted by molar-refractivity contribution is 5.86. The summed E-state index contributed by atoms with van der Waals surface area (Å²) in [6.07, 6.45) is 5.32. The highest BCUT2D eigenvalue weighted by Gasteiger charge is 2.26. The van der Waals surface area contributed by atoms with Crippen molar-refractivity contribution >= 4 is 0 Å². The van der Waals surface area contributed by atoms with Crippen molar-refractivity contribution < 1.29 is 9.47 Å². The Bertz CT molecular complexity index is 4370. The van der Waals surface area contributed by atoms with Gasteiger partial charge in [0.1, 0.15) is 11.5 Å². The molecular weight excluding hydrogens is 1100 g/mol. The Balaban J connectivity index is 0.000000106. The monoisotopic (exact) mass is 1180 g/mol. The number of hydrogen-bond acceptors (Lipinski definition) is 2. The van der Waals surface area contributed by atoms with Gasteiger partial charge in [-0.25, -0.2) is 0 Å². The van der Waals surface area contributed by atoms with Gasteiger partial charge >= 0.3 is 0 Å². The van der Waals surface area contributed by atoms with Crippen molar-refractivity contribution in [2.24, 2.45) is 0 Å². The third-order valence-electron chi connectivity index (χ3n) is 18.9. The molecule has 450 valence electrons. The summed E-state index contributed by atoms with van der Waals surface area (Å²) in [4.78, 5) is 0. The molecule has 0 N–H and O–H groups in total. The van der Waals surface area contributed by atoms with Crippen molar-refractivity contribution in [3.05, 3.63) is 333 Å². The predicted octanol–water partition coefficient (Wildman–Crippen LogP) is 22.9. The van der Waals surface area contributed by atoms with E-state index < -0.39 is 0 Å². The van der Waals surface area contributed by atoms with E-state index in [-0.39, 0.29) is 10.8 Å². The third kappa shape index (κ3) is 12.8. The van der Waals surface area contributed by atoms with Gasteiger partial charge in [-0.05, 0) is 238 Å². The lowest BCUT2D eigenvalue weighted by atomic mass is 9.83. The van der Waals surface area contributed by atoms with E-state index in [1.54, 1.807) is 14.2 Å². The SMILES string of the molecule is CC(C)(C)c1ccc2c(c1)-c1cc(C(C)(C)C)ccc1C2.COc1ccc2c(c1)-c1cc(OC)ccc1C2.Cc1ccc2c(c1)-c1cc(C)ccc1C2.c1ccc(-c2ccc3c(c2)-c2cc(-c4ccccc4)ccc2C3)cc1.c1ccc2c(c1)Cc1ccccc1-2. The largest absolute Gasteiger partial charge is 0.497 e. The van der Waals surface area contributed by atoms with Crippen molar-refractivity contribution in [2.75, 3.05) is 14.2 Å². The van der Waals surface area contributed by atoms with Crippen LogP contribution in [-0.4, -0.2) is 14.2 Å². The Morgan fingerprint density at radius 1 is 0.231 bits per heavy atom. The van der Waals surface area contributed by atoms with E-state index in [9.17, 15) is 0 Å². The second-order valence-electron chi connectivity index (χ2n) is 27.3. The quantitative estimate of drug-likeness (QED) is 0.175. The van der Waals surface area contributed by atoms with Gasteiger partial charge in [0.2, 0.25) is 0 Å². The first-order valence-electron chi connectivity index (χ1n) is 32.4. The molecule has 12 aromatic rings. The van der Waals surface area contributed by atoms with Crippen LogP contribution in [0.2, 0.25) is 0 Å². The Hall–Kier alpha value is -9.76. The maximum Gasteiger partial charge on any atom is 0.119 e. The molecule has 0 atom stereocenters. The summed E-state index contributed by atoms with van der Waals surface area (Å²) in [7, 11) is 3.40. The van der Waals surface area contributed by atoms with Gasteiger partial charge in [-0.2, -0.15) is 0 Å². The van der Waals surface area contributed by atoms with Gasteiger partial charge in [-0.15, -0.1) is 0 Å². The van der Waals surface area contributed by atoms with E-state index >= 15 is 0 Å². The van der Waals surface area contributed by atoms with Gasteiger partial charge in [0.15, 0.2) is 0 Å². The molecule has 12 aromatic carbocycles. The first kappa shape index (κ1) is 60.2. The number of rotatable bonds is 4. The summed E-state index contributed by atoms with van der Waals surface area (Å²) < 4.78 is 10.6. The predicted molar refractivity (Wildman–Crippen MR) is 384 cm³/mol. The van der Waals surface area contributed by atoms with Crippen molar-refractivity contribution in [3.8, 4) is 89.4 Å². The van der Waals surface area contributed by atoms with Crippen LogP contribution in [0.5, 0.6) is 11.5 Å². The molecule has 2 heteroatoms. The molecule has 17 rings (SSSR count). The Morgan fingerprint density at radius 3 is 0.857 bits per heavy atom. The van der Waals surface area contributed by atoms with Gasteiger partial charge in [0.25, 0.3) is 0 Å². The molecule has 0 fully saturated rings. The van der Waals surface area contributed by atoms with E-state index in [1.807, 2.05) is 12.1 Å². The molecule has 0 bridgehead atoms. The second kappa shape index (κ2) is 25.3. The zero-order chi connectivity index (χ0) is 63.0. The number of aryl methyl sites for hydroxylation is 2. The smallest absolute Gasteiger partial charge is 0.119 e. The summed E-state index contributed by atoms with van der Waals surface area (Å²) in [5.41, 5.74) is 39.4. The number of methoxy groups -OCH3 is 2. The first-order chi connectivity index (χ1) is 44.0. The molecule has 0 saturated heterocycles. The topological polar surface area (TPSA) is 18.5 Å². The molecule has 0 radical (unpaired) electrons. The average Bonchev–Trinajstić information content (AvgIpc) is 1.95. The van der Waals surface area contributed by atoms with Gasteiger partial charge in [-0.3, -0.25) is 0 Å². The minimum Gasteiger partial charge on any atom is -0.497 e. The van der Waals surface area contributed by atoms with Crippen molar-refractivity contribution in [2.45, 2.75) is 98.3 Å². The number of ether oxygens (including phenoxy) is 2. The highest BCUT2D eigenvalue weighted by Crippen LogP contribution is 2.45. The molecule has 0 spiro atoms. The Morgan fingerprint density at radius 2 is 0.505 bits per heavy atom. The highest BCUT2D eigenvalue weighted by atomic mass is 16.5. The van der Waals surface area contributed by atoms with Crippen LogP contribution in [0.15, 0.2) is 255 Å². The standard InChI is InChI=1S/C25H18.C21H26.C15H14O2.C15H14.C13H10/c1-3-7-18(8-4-1)20-11-13-22-15-23-14-12-21(17-25(23)24(22)16-20)19-9-5-2-6-10-19;1-20(2,3)16-9-7-14-11-15-8-10-17(21(4,5)6)13-19(15)18(14)12-16;1-16-12-5-3-10-7-11-4-6-13(17-2)9-15(11)14(10)8-12;1-10-3-5-12-9-13-6-4-11(2)8-15(13)14(12)7-10;1-3-7-12-10(5-1)9-11-6-2-4-8-13(11)12/h1-14,16-17H,15H2;7-10,12-13H,11H2,1-6H3;3-6,8-9H,7H2,1-2H3;3-8H,9H2,1-2H3;1-8H,9H2. The number of hydrogen-bond donors (Lipinski definition) is 0. The van der Waals surface area contributed by atoms with Crippen LogP contribution >= 0.6 is 0 Å². The lowest BCUT2D eigenvalue weighted by Crippen LogP contribution is -2.11. The molecule has 0 amide bonds. The summed E-state index contributed by atoms with van der Waals surface area (Å²) in [6.45, 7) is 18.0. The maximum absolute atomic E-state index is 5.28. The van der Waals surface area contributed by atoms with Crippen molar-refractivity contribution in [1.82, 2.24) is 0 Å². The van der Waals surface area contributed by atoms with Crippen LogP contribution in [0.25, 0.3) is 77.9 Å². The molecule has 0 aliphatic heterocycles. The molecule has 0 unspecified atom stereocenters. The first-order valence-corrected chi connectivity index (χ1v) is 32.4. The fraction of sp³-hybridized carbons (Fsp3) is 0.191. The summed E-state index contributed by atoms with van der Waals surface area (Å²) in [6, 6.07) is 92.5. The van der Waals surface area contributed by atoms with Gasteiger partial charge < -0.3 is 9.47 Å². The van der Waals surface area contributed by atoms with Crippen LogP contribution in [0.1, 0.15) is 119 Å². The van der Waals surface area contributed by atoms with E-state index in [0.717, 1.165) is 43.6 Å². The van der Waals surface area contributed by atoms with E-state index in [1.165, 1.54) is 156 Å². The molecule has 0 heterocycles. The van der Waals surface area contributed by atoms with E-state index in [2.05, 4.69) is 298 Å². The molecular formula is C89H82O2. The molecule has 5 aliphatic carbocycles. The Labute approximate surface area is 540 Å². The fourth-order valence-electron chi connectivity index (χ4n) is 13.7. The van der Waals surface area contributed by atoms with Crippen LogP contribution < -0.4 is 9.47 Å². The van der Waals surface area contributed by atoms with Crippen molar-refractivity contribution in [1.29, 1.82) is 0 Å². The summed E-state index contributed by atoms with van der Waals surface area (Å²) in [5.74, 6) is 1.80. The minimum absolute atomic E-state index is 0.208. The molecule has 0 saturated carbocycles. The van der Waals surface area contributed by atoms with Crippen LogP contribution in [0.3, 0.4) is 0 Å². The Kier molecular flexibility index (Phi) is 16.7. The fourth-order valence-corrected chi connectivity index (χ4v) is 13.7. The third-order valence-corrected chi connectivity index (χ3v) is 18.9. The number of fused-ring (bicyclic) bond motifs is 15. The van der Waals surface area contributed by atoms with Crippen molar-refractivity contribution in [3.63, 3.8) is 0 Å². The normalized spacial score (nSPS) is 12.5. The lowest BCUT2D eigenvalue weighted by Gasteiger charge is -2.21. The molecule has 0 aromatic heterocycles. The number of benzene rings is 12. The van der Waals surface area contributed by atoms with E-state index in [4.69, 9.17) is 9.47 Å².